The van der Waals surface area contributed by atoms with Gasteiger partial charge in [-0.1, -0.05) is 32.9 Å². The van der Waals surface area contributed by atoms with Crippen molar-refractivity contribution in [1.82, 2.24) is 4.90 Å². The Bertz CT molecular complexity index is 457. The molecule has 0 saturated heterocycles. The number of hydrogen-bond acceptors (Lipinski definition) is 2. The highest BCUT2D eigenvalue weighted by Crippen LogP contribution is 2.28. The number of methoxy groups -OCH3 is 1. The Morgan fingerprint density at radius 2 is 1.80 bits per heavy atom. The summed E-state index contributed by atoms with van der Waals surface area (Å²) in [5.41, 5.74) is 2.26. The maximum Gasteiger partial charge on any atom is 0.227 e. The van der Waals surface area contributed by atoms with Gasteiger partial charge in [0.2, 0.25) is 5.91 Å². The Hall–Kier alpha value is -1.51. The van der Waals surface area contributed by atoms with E-state index in [1.165, 1.54) is 5.56 Å². The summed E-state index contributed by atoms with van der Waals surface area (Å²) in [7, 11) is 1.65. The smallest absolute Gasteiger partial charge is 0.227 e. The van der Waals surface area contributed by atoms with Crippen molar-refractivity contribution in [2.45, 2.75) is 46.5 Å². The number of amides is 1. The van der Waals surface area contributed by atoms with Crippen molar-refractivity contribution < 1.29 is 9.53 Å². The van der Waals surface area contributed by atoms with Crippen LogP contribution in [-0.2, 0) is 16.6 Å². The van der Waals surface area contributed by atoms with Crippen LogP contribution in [0.15, 0.2) is 18.2 Å². The van der Waals surface area contributed by atoms with Crippen molar-refractivity contribution in [2.24, 2.45) is 0 Å². The standard InChI is InChI=1S/C17H27NO2/c1-7-18(8-2)16(19)12-13-11-14(17(3,4)5)9-10-15(13)20-6/h9-11H,7-8,12H2,1-6H3. The number of carbonyl (C=O) groups excluding carboxylic acids is 1. The molecule has 0 bridgehead atoms. The highest BCUT2D eigenvalue weighted by Gasteiger charge is 2.18. The highest BCUT2D eigenvalue weighted by atomic mass is 16.5. The predicted octanol–water partition coefficient (Wildman–Crippen LogP) is 3.40. The minimum absolute atomic E-state index is 0.0687. The second kappa shape index (κ2) is 6.78. The summed E-state index contributed by atoms with van der Waals surface area (Å²) in [5, 5.41) is 0. The molecule has 0 spiro atoms. The van der Waals surface area contributed by atoms with Crippen molar-refractivity contribution in [3.63, 3.8) is 0 Å². The minimum Gasteiger partial charge on any atom is -0.496 e. The molecule has 0 radical (unpaired) electrons. The van der Waals surface area contributed by atoms with Gasteiger partial charge in [-0.3, -0.25) is 4.79 Å². The molecule has 1 amide bonds. The van der Waals surface area contributed by atoms with Crippen LogP contribution in [0.4, 0.5) is 0 Å². The fourth-order valence-corrected chi connectivity index (χ4v) is 2.23. The molecule has 0 aliphatic heterocycles. The van der Waals surface area contributed by atoms with E-state index in [-0.39, 0.29) is 11.3 Å². The lowest BCUT2D eigenvalue weighted by Gasteiger charge is -2.22. The molecule has 3 nitrogen and oxygen atoms in total. The van der Waals surface area contributed by atoms with Gasteiger partial charge in [0.05, 0.1) is 13.5 Å². The fourth-order valence-electron chi connectivity index (χ4n) is 2.23. The van der Waals surface area contributed by atoms with Crippen molar-refractivity contribution >= 4 is 5.91 Å². The number of carbonyl (C=O) groups is 1. The third-order valence-corrected chi connectivity index (χ3v) is 3.60. The Labute approximate surface area is 122 Å². The second-order valence-corrected chi connectivity index (χ2v) is 6.02. The summed E-state index contributed by atoms with van der Waals surface area (Å²) in [5.74, 6) is 0.942. The van der Waals surface area contributed by atoms with Crippen molar-refractivity contribution in [1.29, 1.82) is 0 Å². The van der Waals surface area contributed by atoms with Gasteiger partial charge in [0, 0.05) is 18.7 Å². The quantitative estimate of drug-likeness (QED) is 0.825. The molecule has 0 aliphatic rings. The first-order valence-corrected chi connectivity index (χ1v) is 7.28. The fraction of sp³-hybridized carbons (Fsp3) is 0.588. The van der Waals surface area contributed by atoms with Crippen LogP contribution in [0.1, 0.15) is 45.7 Å². The molecule has 20 heavy (non-hydrogen) atoms. The molecule has 0 saturated carbocycles. The maximum atomic E-state index is 12.3. The van der Waals surface area contributed by atoms with Gasteiger partial charge in [-0.25, -0.2) is 0 Å². The zero-order chi connectivity index (χ0) is 15.3. The number of benzene rings is 1. The van der Waals surface area contributed by atoms with Crippen LogP contribution < -0.4 is 4.74 Å². The largest absolute Gasteiger partial charge is 0.496 e. The molecule has 0 aliphatic carbocycles. The topological polar surface area (TPSA) is 29.5 Å². The number of rotatable bonds is 5. The van der Waals surface area contributed by atoms with E-state index < -0.39 is 0 Å². The third-order valence-electron chi connectivity index (χ3n) is 3.60. The Balaban J connectivity index is 3.06. The van der Waals surface area contributed by atoms with Crippen LogP contribution in [0.25, 0.3) is 0 Å². The first-order valence-electron chi connectivity index (χ1n) is 7.28. The molecular weight excluding hydrogens is 250 g/mol. The molecule has 0 aromatic heterocycles. The van der Waals surface area contributed by atoms with E-state index in [9.17, 15) is 4.79 Å². The summed E-state index contributed by atoms with van der Waals surface area (Å²) in [4.78, 5) is 14.1. The van der Waals surface area contributed by atoms with Gasteiger partial charge in [0.25, 0.3) is 0 Å². The van der Waals surface area contributed by atoms with Gasteiger partial charge in [-0.05, 0) is 30.9 Å². The number of hydrogen-bond donors (Lipinski definition) is 0. The van der Waals surface area contributed by atoms with Gasteiger partial charge in [-0.15, -0.1) is 0 Å². The summed E-state index contributed by atoms with van der Waals surface area (Å²) in [6.07, 6.45) is 0.398. The molecule has 0 atom stereocenters. The molecule has 1 aromatic rings. The average Bonchev–Trinajstić information content (AvgIpc) is 2.39. The Kier molecular flexibility index (Phi) is 5.61. The molecule has 3 heteroatoms. The van der Waals surface area contributed by atoms with Gasteiger partial charge in [0.1, 0.15) is 5.75 Å². The van der Waals surface area contributed by atoms with Crippen molar-refractivity contribution in [2.75, 3.05) is 20.2 Å². The van der Waals surface area contributed by atoms with E-state index >= 15 is 0 Å². The Morgan fingerprint density at radius 3 is 2.25 bits per heavy atom. The molecular formula is C17H27NO2. The molecule has 0 fully saturated rings. The first-order chi connectivity index (χ1) is 9.33. The summed E-state index contributed by atoms with van der Waals surface area (Å²) < 4.78 is 5.39. The third kappa shape index (κ3) is 3.99. The van der Waals surface area contributed by atoms with Gasteiger partial charge >= 0.3 is 0 Å². The van der Waals surface area contributed by atoms with E-state index in [0.717, 1.165) is 24.4 Å². The summed E-state index contributed by atoms with van der Waals surface area (Å²) in [6, 6.07) is 6.13. The Morgan fingerprint density at radius 1 is 1.20 bits per heavy atom. The molecule has 112 valence electrons. The molecule has 1 aromatic carbocycles. The van der Waals surface area contributed by atoms with Crippen molar-refractivity contribution in [3.8, 4) is 5.75 Å². The number of nitrogens with zero attached hydrogens (tertiary/aromatic N) is 1. The van der Waals surface area contributed by atoms with Crippen LogP contribution >= 0.6 is 0 Å². The van der Waals surface area contributed by atoms with Crippen LogP contribution in [-0.4, -0.2) is 31.0 Å². The normalized spacial score (nSPS) is 11.3. The molecule has 0 unspecified atom stereocenters. The molecule has 0 heterocycles. The van der Waals surface area contributed by atoms with Crippen LogP contribution in [0, 0.1) is 0 Å². The van der Waals surface area contributed by atoms with Crippen LogP contribution in [0.5, 0.6) is 5.75 Å². The summed E-state index contributed by atoms with van der Waals surface area (Å²) >= 11 is 0. The number of likely N-dealkylation sites (N-methyl/N-ethyl adjacent to an activating group) is 1. The lowest BCUT2D eigenvalue weighted by Crippen LogP contribution is -2.32. The van der Waals surface area contributed by atoms with Gasteiger partial charge < -0.3 is 9.64 Å². The van der Waals surface area contributed by atoms with Crippen LogP contribution in [0.2, 0.25) is 0 Å². The minimum atomic E-state index is 0.0687. The van der Waals surface area contributed by atoms with Crippen molar-refractivity contribution in [3.05, 3.63) is 29.3 Å². The monoisotopic (exact) mass is 277 g/mol. The lowest BCUT2D eigenvalue weighted by atomic mass is 9.85. The van der Waals surface area contributed by atoms with E-state index in [0.29, 0.717) is 6.42 Å². The van der Waals surface area contributed by atoms with E-state index in [1.54, 1.807) is 7.11 Å². The van der Waals surface area contributed by atoms with Crippen LogP contribution in [0.3, 0.4) is 0 Å². The lowest BCUT2D eigenvalue weighted by molar-refractivity contribution is -0.130. The SMILES string of the molecule is CCN(CC)C(=O)Cc1cc(C(C)(C)C)ccc1OC. The molecule has 1 rings (SSSR count). The number of ether oxygens (including phenoxy) is 1. The van der Waals surface area contributed by atoms with Gasteiger partial charge in [0.15, 0.2) is 0 Å². The summed E-state index contributed by atoms with van der Waals surface area (Å²) in [6.45, 7) is 12.0. The zero-order valence-corrected chi connectivity index (χ0v) is 13.6. The van der Waals surface area contributed by atoms with E-state index in [1.807, 2.05) is 24.8 Å². The maximum absolute atomic E-state index is 12.3. The van der Waals surface area contributed by atoms with Gasteiger partial charge in [-0.2, -0.15) is 0 Å². The predicted molar refractivity (Wildman–Crippen MR) is 83.3 cm³/mol. The van der Waals surface area contributed by atoms with E-state index in [2.05, 4.69) is 32.9 Å². The highest BCUT2D eigenvalue weighted by molar-refractivity contribution is 5.79. The first kappa shape index (κ1) is 16.5. The molecule has 0 N–H and O–H groups in total. The second-order valence-electron chi connectivity index (χ2n) is 6.02. The average molecular weight is 277 g/mol. The zero-order valence-electron chi connectivity index (χ0n) is 13.6. The van der Waals surface area contributed by atoms with E-state index in [4.69, 9.17) is 4.74 Å².